The molecule has 2 aromatic rings. The topological polar surface area (TPSA) is 60.0 Å². The summed E-state index contributed by atoms with van der Waals surface area (Å²) in [5.41, 5.74) is 4.41. The Labute approximate surface area is 187 Å². The number of rotatable bonds is 10. The van der Waals surface area contributed by atoms with Crippen molar-refractivity contribution in [3.8, 4) is 0 Å². The van der Waals surface area contributed by atoms with Crippen LogP contribution in [0.2, 0.25) is 0 Å². The zero-order chi connectivity index (χ0) is 22.6. The van der Waals surface area contributed by atoms with Crippen molar-refractivity contribution in [1.29, 1.82) is 0 Å². The Bertz CT molecular complexity index is 858. The van der Waals surface area contributed by atoms with Gasteiger partial charge in [-0.25, -0.2) is 0 Å². The van der Waals surface area contributed by atoms with Crippen LogP contribution in [0.5, 0.6) is 0 Å². The Morgan fingerprint density at radius 1 is 0.935 bits per heavy atom. The van der Waals surface area contributed by atoms with E-state index < -0.39 is 0 Å². The van der Waals surface area contributed by atoms with Gasteiger partial charge in [-0.15, -0.1) is 0 Å². The number of hydrogen-bond acceptors (Lipinski definition) is 3. The lowest BCUT2D eigenvalue weighted by Crippen LogP contribution is -2.37. The molecule has 0 saturated heterocycles. The maximum Gasteiger partial charge on any atom is 0.253 e. The van der Waals surface area contributed by atoms with Crippen molar-refractivity contribution in [2.75, 3.05) is 40.8 Å². The van der Waals surface area contributed by atoms with Crippen molar-refractivity contribution in [3.63, 3.8) is 0 Å². The SMILES string of the molecule is CCN(CC)Cc1cccc(CNC(=NC)NCCc2cccc(C(=O)N(C)C)c2)c1. The molecule has 0 atom stereocenters. The highest BCUT2D eigenvalue weighted by atomic mass is 16.2. The fraction of sp³-hybridized carbons (Fsp3) is 0.440. The molecule has 0 aliphatic rings. The minimum atomic E-state index is 0.0236. The van der Waals surface area contributed by atoms with Crippen molar-refractivity contribution in [1.82, 2.24) is 20.4 Å². The van der Waals surface area contributed by atoms with E-state index in [-0.39, 0.29) is 5.91 Å². The van der Waals surface area contributed by atoms with Gasteiger partial charge in [0, 0.05) is 46.3 Å². The molecule has 6 heteroatoms. The van der Waals surface area contributed by atoms with Gasteiger partial charge < -0.3 is 15.5 Å². The lowest BCUT2D eigenvalue weighted by Gasteiger charge is -2.18. The fourth-order valence-electron chi connectivity index (χ4n) is 3.39. The van der Waals surface area contributed by atoms with Crippen molar-refractivity contribution in [3.05, 3.63) is 70.8 Å². The minimum Gasteiger partial charge on any atom is -0.356 e. The molecule has 168 valence electrons. The molecule has 0 aliphatic carbocycles. The van der Waals surface area contributed by atoms with Gasteiger partial charge in [-0.3, -0.25) is 14.7 Å². The molecule has 2 N–H and O–H groups in total. The van der Waals surface area contributed by atoms with Crippen LogP contribution in [-0.2, 0) is 19.5 Å². The van der Waals surface area contributed by atoms with Gasteiger partial charge in [0.25, 0.3) is 5.91 Å². The second-order valence-electron chi connectivity index (χ2n) is 7.78. The predicted octanol–water partition coefficient (Wildman–Crippen LogP) is 3.14. The molecule has 31 heavy (non-hydrogen) atoms. The zero-order valence-electron chi connectivity index (χ0n) is 19.6. The molecule has 0 heterocycles. The van der Waals surface area contributed by atoms with E-state index in [1.807, 2.05) is 24.3 Å². The second kappa shape index (κ2) is 12.7. The number of hydrogen-bond donors (Lipinski definition) is 2. The van der Waals surface area contributed by atoms with Crippen LogP contribution in [0.15, 0.2) is 53.5 Å². The molecule has 1 amide bonds. The number of aliphatic imine (C=N–C) groups is 1. The van der Waals surface area contributed by atoms with Crippen LogP contribution < -0.4 is 10.6 Å². The third-order valence-electron chi connectivity index (χ3n) is 5.26. The average molecular weight is 424 g/mol. The maximum atomic E-state index is 12.1. The van der Waals surface area contributed by atoms with Crippen LogP contribution in [0.4, 0.5) is 0 Å². The maximum absolute atomic E-state index is 12.1. The Morgan fingerprint density at radius 2 is 1.61 bits per heavy atom. The normalized spacial score (nSPS) is 11.5. The standard InChI is InChI=1S/C25H37N5O/c1-6-30(7-2)19-22-12-8-11-21(16-22)18-28-25(26-3)27-15-14-20-10-9-13-23(17-20)24(31)29(4)5/h8-13,16-17H,6-7,14-15,18-19H2,1-5H3,(H2,26,27,28). The number of carbonyl (C=O) groups excluding carboxylic acids is 1. The van der Waals surface area contributed by atoms with E-state index in [0.717, 1.165) is 56.2 Å². The van der Waals surface area contributed by atoms with E-state index in [1.165, 1.54) is 11.1 Å². The first kappa shape index (κ1) is 24.4. The Kier molecular flexibility index (Phi) is 10.0. The first-order valence-electron chi connectivity index (χ1n) is 11.0. The summed E-state index contributed by atoms with van der Waals surface area (Å²) in [5, 5.41) is 6.75. The third kappa shape index (κ3) is 8.06. The smallest absolute Gasteiger partial charge is 0.253 e. The van der Waals surface area contributed by atoms with Crippen LogP contribution in [0.1, 0.15) is 40.9 Å². The van der Waals surface area contributed by atoms with Crippen molar-refractivity contribution in [2.45, 2.75) is 33.4 Å². The van der Waals surface area contributed by atoms with E-state index >= 15 is 0 Å². The summed E-state index contributed by atoms with van der Waals surface area (Å²) < 4.78 is 0. The Morgan fingerprint density at radius 3 is 2.29 bits per heavy atom. The molecule has 2 aromatic carbocycles. The van der Waals surface area contributed by atoms with Gasteiger partial charge in [-0.05, 0) is 48.3 Å². The van der Waals surface area contributed by atoms with E-state index in [2.05, 4.69) is 58.6 Å². The molecule has 2 rings (SSSR count). The number of nitrogens with one attached hydrogen (secondary N) is 2. The summed E-state index contributed by atoms with van der Waals surface area (Å²) in [4.78, 5) is 20.5. The Balaban J connectivity index is 1.84. The van der Waals surface area contributed by atoms with Crippen LogP contribution in [0, 0.1) is 0 Å². The summed E-state index contributed by atoms with van der Waals surface area (Å²) in [6.45, 7) is 8.94. The van der Waals surface area contributed by atoms with Gasteiger partial charge in [-0.2, -0.15) is 0 Å². The van der Waals surface area contributed by atoms with Crippen LogP contribution in [0.3, 0.4) is 0 Å². The van der Waals surface area contributed by atoms with Crippen molar-refractivity contribution in [2.24, 2.45) is 4.99 Å². The Hall–Kier alpha value is -2.86. The quantitative estimate of drug-likeness (QED) is 0.455. The number of benzene rings is 2. The predicted molar refractivity (Wildman–Crippen MR) is 129 cm³/mol. The first-order chi connectivity index (χ1) is 15.0. The van der Waals surface area contributed by atoms with Gasteiger partial charge in [0.1, 0.15) is 0 Å². The molecule has 0 radical (unpaired) electrons. The van der Waals surface area contributed by atoms with Crippen molar-refractivity contribution >= 4 is 11.9 Å². The van der Waals surface area contributed by atoms with Crippen LogP contribution in [0.25, 0.3) is 0 Å². The van der Waals surface area contributed by atoms with E-state index in [1.54, 1.807) is 26.0 Å². The lowest BCUT2D eigenvalue weighted by molar-refractivity contribution is 0.0827. The molecule has 0 unspecified atom stereocenters. The molecule has 0 bridgehead atoms. The molecule has 0 saturated carbocycles. The van der Waals surface area contributed by atoms with Crippen molar-refractivity contribution < 1.29 is 4.79 Å². The molecular formula is C25H37N5O. The molecular weight excluding hydrogens is 386 g/mol. The molecule has 0 aromatic heterocycles. The number of carbonyl (C=O) groups is 1. The largest absolute Gasteiger partial charge is 0.356 e. The number of amides is 1. The number of guanidine groups is 1. The second-order valence-corrected chi connectivity index (χ2v) is 7.78. The van der Waals surface area contributed by atoms with E-state index in [9.17, 15) is 4.79 Å². The fourth-order valence-corrected chi connectivity index (χ4v) is 3.39. The summed E-state index contributed by atoms with van der Waals surface area (Å²) in [6, 6.07) is 16.5. The average Bonchev–Trinajstić information content (AvgIpc) is 2.79. The molecule has 0 aliphatic heterocycles. The van der Waals surface area contributed by atoms with Crippen LogP contribution >= 0.6 is 0 Å². The van der Waals surface area contributed by atoms with Gasteiger partial charge in [0.2, 0.25) is 0 Å². The highest BCUT2D eigenvalue weighted by Gasteiger charge is 2.08. The van der Waals surface area contributed by atoms with Gasteiger partial charge in [-0.1, -0.05) is 50.2 Å². The highest BCUT2D eigenvalue weighted by molar-refractivity contribution is 5.94. The summed E-state index contributed by atoms with van der Waals surface area (Å²) >= 11 is 0. The van der Waals surface area contributed by atoms with Gasteiger partial charge in [0.15, 0.2) is 5.96 Å². The van der Waals surface area contributed by atoms with E-state index in [4.69, 9.17) is 0 Å². The minimum absolute atomic E-state index is 0.0236. The summed E-state index contributed by atoms with van der Waals surface area (Å²) in [6.07, 6.45) is 0.814. The number of nitrogens with zero attached hydrogens (tertiary/aromatic N) is 3. The van der Waals surface area contributed by atoms with Gasteiger partial charge in [0.05, 0.1) is 0 Å². The van der Waals surface area contributed by atoms with E-state index in [0.29, 0.717) is 0 Å². The lowest BCUT2D eigenvalue weighted by atomic mass is 10.1. The van der Waals surface area contributed by atoms with Gasteiger partial charge >= 0.3 is 0 Å². The first-order valence-corrected chi connectivity index (χ1v) is 11.0. The molecule has 0 fully saturated rings. The summed E-state index contributed by atoms with van der Waals surface area (Å²) in [5.74, 6) is 0.796. The summed E-state index contributed by atoms with van der Waals surface area (Å²) in [7, 11) is 5.32. The zero-order valence-corrected chi connectivity index (χ0v) is 19.6. The molecule has 0 spiro atoms. The highest BCUT2D eigenvalue weighted by Crippen LogP contribution is 2.09. The third-order valence-corrected chi connectivity index (χ3v) is 5.26. The monoisotopic (exact) mass is 423 g/mol. The van der Waals surface area contributed by atoms with Crippen LogP contribution in [-0.4, -0.2) is 62.4 Å². The molecule has 6 nitrogen and oxygen atoms in total.